The first-order chi connectivity index (χ1) is 16.7. The van der Waals surface area contributed by atoms with Gasteiger partial charge in [0.15, 0.2) is 9.84 Å². The Balaban J connectivity index is 1.29. The molecule has 6 nitrogen and oxygen atoms in total. The fraction of sp³-hybridized carbons (Fsp3) is 0.667. The zero-order valence-corrected chi connectivity index (χ0v) is 21.6. The van der Waals surface area contributed by atoms with Crippen LogP contribution in [0.1, 0.15) is 58.3 Å². The topological polar surface area (TPSA) is 89.7 Å². The van der Waals surface area contributed by atoms with Crippen LogP contribution in [0.25, 0.3) is 0 Å². The second kappa shape index (κ2) is 11.0. The molecule has 0 aromatic heterocycles. The number of piperidine rings is 1. The third-order valence-corrected chi connectivity index (χ3v) is 10.2. The molecule has 8 heteroatoms. The number of benzene rings is 1. The predicted octanol–water partition coefficient (Wildman–Crippen LogP) is 4.50. The number of hydrogen-bond donors (Lipinski definition) is 1. The smallest absolute Gasteiger partial charge is 0.228 e. The van der Waals surface area contributed by atoms with Crippen LogP contribution in [0.2, 0.25) is 0 Å². The predicted molar refractivity (Wildman–Crippen MR) is 134 cm³/mol. The van der Waals surface area contributed by atoms with Crippen molar-refractivity contribution in [2.45, 2.75) is 63.2 Å². The molecular weight excluding hydrogens is 467 g/mol. The molecule has 0 radical (unpaired) electrons. The number of halogens is 1. The van der Waals surface area contributed by atoms with Gasteiger partial charge >= 0.3 is 0 Å². The Bertz CT molecular complexity index is 1000. The molecule has 3 fully saturated rings. The van der Waals surface area contributed by atoms with Gasteiger partial charge in [0.25, 0.3) is 0 Å². The molecule has 35 heavy (non-hydrogen) atoms. The van der Waals surface area contributed by atoms with Gasteiger partial charge in [0.1, 0.15) is 12.4 Å². The quantitative estimate of drug-likeness (QED) is 0.561. The van der Waals surface area contributed by atoms with Crippen molar-refractivity contribution in [3.05, 3.63) is 36.2 Å². The molecule has 1 saturated heterocycles. The number of sulfone groups is 1. The Morgan fingerprint density at radius 1 is 1.14 bits per heavy atom. The van der Waals surface area contributed by atoms with Gasteiger partial charge in [-0.25, -0.2) is 12.8 Å². The van der Waals surface area contributed by atoms with Crippen LogP contribution < -0.4 is 10.5 Å². The Labute approximate surface area is 209 Å². The van der Waals surface area contributed by atoms with Crippen molar-refractivity contribution in [1.29, 1.82) is 0 Å². The summed E-state index contributed by atoms with van der Waals surface area (Å²) in [5.74, 6) is 2.26. The van der Waals surface area contributed by atoms with Gasteiger partial charge in [-0.1, -0.05) is 26.2 Å². The minimum atomic E-state index is -3.45. The number of nitrogens with zero attached hydrogens (tertiary/aromatic N) is 1. The minimum Gasteiger partial charge on any atom is -0.489 e. The fourth-order valence-corrected chi connectivity index (χ4v) is 8.15. The van der Waals surface area contributed by atoms with E-state index in [1.807, 2.05) is 4.90 Å². The van der Waals surface area contributed by atoms with E-state index >= 15 is 0 Å². The highest BCUT2D eigenvalue weighted by molar-refractivity contribution is 7.91. The molecule has 1 amide bonds. The monoisotopic (exact) mass is 506 g/mol. The SMILES string of the molecule is CC1(C(=O)N2CCC(CS(=O)(=O)c3ccc(OC/C(=C/F)CN)cc3)CC2)CC2CCCC(C2)C1. The Kier molecular flexibility index (Phi) is 8.21. The van der Waals surface area contributed by atoms with Crippen molar-refractivity contribution in [1.82, 2.24) is 4.90 Å². The summed E-state index contributed by atoms with van der Waals surface area (Å²) in [5.41, 5.74) is 5.49. The highest BCUT2D eigenvalue weighted by Crippen LogP contribution is 2.49. The zero-order valence-electron chi connectivity index (χ0n) is 20.8. The first-order valence-corrected chi connectivity index (χ1v) is 14.6. The van der Waals surface area contributed by atoms with E-state index < -0.39 is 9.84 Å². The van der Waals surface area contributed by atoms with Crippen LogP contribution in [0, 0.1) is 23.2 Å². The number of rotatable bonds is 8. The summed E-state index contributed by atoms with van der Waals surface area (Å²) in [6.07, 6.45) is 8.99. The van der Waals surface area contributed by atoms with Crippen molar-refractivity contribution >= 4 is 15.7 Å². The molecule has 2 aliphatic carbocycles. The van der Waals surface area contributed by atoms with E-state index in [1.165, 1.54) is 37.8 Å². The summed E-state index contributed by atoms with van der Waals surface area (Å²) in [4.78, 5) is 15.7. The average molecular weight is 507 g/mol. The van der Waals surface area contributed by atoms with Crippen LogP contribution in [-0.2, 0) is 14.6 Å². The van der Waals surface area contributed by atoms with Crippen LogP contribution in [-0.4, -0.2) is 51.2 Å². The number of amides is 1. The lowest BCUT2D eigenvalue weighted by molar-refractivity contribution is -0.147. The Hall–Kier alpha value is -1.93. The van der Waals surface area contributed by atoms with Gasteiger partial charge in [-0.05, 0) is 74.1 Å². The molecule has 2 bridgehead atoms. The molecule has 2 unspecified atom stereocenters. The van der Waals surface area contributed by atoms with E-state index in [2.05, 4.69) is 6.92 Å². The van der Waals surface area contributed by atoms with Gasteiger partial charge in [0.05, 0.1) is 17.0 Å². The lowest BCUT2D eigenvalue weighted by atomic mass is 9.61. The number of ether oxygens (including phenoxy) is 1. The van der Waals surface area contributed by atoms with Crippen LogP contribution in [0.5, 0.6) is 5.75 Å². The van der Waals surface area contributed by atoms with Crippen molar-refractivity contribution in [3.63, 3.8) is 0 Å². The summed E-state index contributed by atoms with van der Waals surface area (Å²) in [6.45, 7) is 3.53. The molecule has 1 aliphatic heterocycles. The molecule has 3 aliphatic rings. The lowest BCUT2D eigenvalue weighted by Crippen LogP contribution is -2.50. The molecule has 2 saturated carbocycles. The highest BCUT2D eigenvalue weighted by atomic mass is 32.2. The Morgan fingerprint density at radius 2 is 1.77 bits per heavy atom. The Morgan fingerprint density at radius 3 is 2.34 bits per heavy atom. The maximum Gasteiger partial charge on any atom is 0.228 e. The normalized spacial score (nSPS) is 28.1. The molecule has 0 spiro atoms. The second-order valence-corrected chi connectivity index (χ2v) is 13.2. The van der Waals surface area contributed by atoms with Crippen LogP contribution in [0.4, 0.5) is 4.39 Å². The number of fused-ring (bicyclic) bond motifs is 2. The third-order valence-electron chi connectivity index (χ3n) is 8.27. The molecule has 1 aromatic carbocycles. The molecule has 2 atom stereocenters. The summed E-state index contributed by atoms with van der Waals surface area (Å²) in [6, 6.07) is 6.23. The van der Waals surface area contributed by atoms with Gasteiger partial charge in [-0.2, -0.15) is 0 Å². The number of hydrogen-bond acceptors (Lipinski definition) is 5. The van der Waals surface area contributed by atoms with Gasteiger partial charge in [-0.3, -0.25) is 4.79 Å². The molecular formula is C27H39FN2O4S. The van der Waals surface area contributed by atoms with E-state index in [0.717, 1.165) is 12.8 Å². The summed E-state index contributed by atoms with van der Waals surface area (Å²) < 4.78 is 44.1. The second-order valence-electron chi connectivity index (χ2n) is 11.1. The average Bonchev–Trinajstić information content (AvgIpc) is 2.84. The van der Waals surface area contributed by atoms with Gasteiger partial charge < -0.3 is 15.4 Å². The molecule has 2 N–H and O–H groups in total. The number of nitrogens with two attached hydrogens (primary N) is 1. The number of carbonyl (C=O) groups is 1. The zero-order chi connectivity index (χ0) is 25.1. The minimum absolute atomic E-state index is 0.0246. The number of carbonyl (C=O) groups excluding carboxylic acids is 1. The van der Waals surface area contributed by atoms with Crippen molar-refractivity contribution < 1.29 is 22.3 Å². The molecule has 194 valence electrons. The first-order valence-electron chi connectivity index (χ1n) is 13.0. The highest BCUT2D eigenvalue weighted by Gasteiger charge is 2.45. The fourth-order valence-electron chi connectivity index (χ4n) is 6.45. The first kappa shape index (κ1) is 26.1. The van der Waals surface area contributed by atoms with Crippen LogP contribution >= 0.6 is 0 Å². The van der Waals surface area contributed by atoms with E-state index in [-0.39, 0.29) is 41.0 Å². The largest absolute Gasteiger partial charge is 0.489 e. The summed E-state index contributed by atoms with van der Waals surface area (Å²) >= 11 is 0. The maximum absolute atomic E-state index is 13.4. The molecule has 4 rings (SSSR count). The van der Waals surface area contributed by atoms with Gasteiger partial charge in [0, 0.05) is 30.6 Å². The molecule has 1 heterocycles. The maximum atomic E-state index is 13.4. The van der Waals surface area contributed by atoms with Crippen molar-refractivity contribution in [3.8, 4) is 5.75 Å². The van der Waals surface area contributed by atoms with E-state index in [0.29, 0.717) is 55.4 Å². The van der Waals surface area contributed by atoms with Crippen molar-refractivity contribution in [2.24, 2.45) is 28.9 Å². The van der Waals surface area contributed by atoms with E-state index in [1.54, 1.807) is 12.1 Å². The van der Waals surface area contributed by atoms with Crippen LogP contribution in [0.15, 0.2) is 41.1 Å². The van der Waals surface area contributed by atoms with E-state index in [4.69, 9.17) is 10.5 Å². The third kappa shape index (κ3) is 6.26. The van der Waals surface area contributed by atoms with E-state index in [9.17, 15) is 17.6 Å². The number of likely N-dealkylation sites (tertiary alicyclic amines) is 1. The van der Waals surface area contributed by atoms with Crippen molar-refractivity contribution in [2.75, 3.05) is 32.0 Å². The van der Waals surface area contributed by atoms with Crippen LogP contribution in [0.3, 0.4) is 0 Å². The summed E-state index contributed by atoms with van der Waals surface area (Å²) in [7, 11) is -3.45. The lowest BCUT2D eigenvalue weighted by Gasteiger charge is -2.47. The van der Waals surface area contributed by atoms with Gasteiger partial charge in [-0.15, -0.1) is 0 Å². The summed E-state index contributed by atoms with van der Waals surface area (Å²) in [5, 5.41) is 0. The molecule has 1 aromatic rings. The standard InChI is InChI=1S/C27H39FN2O4S/c1-27(14-21-3-2-4-22(13-21)15-27)26(31)30-11-9-20(10-12-30)19-35(32,33)25-7-5-24(6-8-25)34-18-23(16-28)17-29/h5-8,16,20-22H,2-4,9-15,17-19,29H2,1H3/b23-16+. The van der Waals surface area contributed by atoms with Gasteiger partial charge in [0.2, 0.25) is 5.91 Å².